The molecule has 2 fully saturated rings. The predicted octanol–water partition coefficient (Wildman–Crippen LogP) is 2.16. The van der Waals surface area contributed by atoms with Gasteiger partial charge in [0.2, 0.25) is 0 Å². The molecule has 2 aliphatic heterocycles. The number of rotatable bonds is 3. The van der Waals surface area contributed by atoms with Gasteiger partial charge >= 0.3 is 6.03 Å². The molecule has 2 aliphatic rings. The van der Waals surface area contributed by atoms with Crippen molar-refractivity contribution >= 4 is 6.03 Å². The van der Waals surface area contributed by atoms with E-state index in [4.69, 9.17) is 0 Å². The summed E-state index contributed by atoms with van der Waals surface area (Å²) in [5.41, 5.74) is 0. The molecule has 2 heterocycles. The fraction of sp³-hybridized carbons (Fsp3) is 0.933. The first-order valence-electron chi connectivity index (χ1n) is 7.83. The first-order valence-corrected chi connectivity index (χ1v) is 7.83. The van der Waals surface area contributed by atoms with Crippen molar-refractivity contribution in [3.63, 3.8) is 0 Å². The third kappa shape index (κ3) is 4.10. The lowest BCUT2D eigenvalue weighted by atomic mass is 10.00. The molecule has 0 aromatic rings. The predicted molar refractivity (Wildman–Crippen MR) is 78.2 cm³/mol. The molecule has 0 saturated carbocycles. The van der Waals surface area contributed by atoms with Crippen LogP contribution in [0.1, 0.15) is 40.0 Å². The maximum atomic E-state index is 12.1. The quantitative estimate of drug-likeness (QED) is 0.850. The summed E-state index contributed by atoms with van der Waals surface area (Å²) in [5, 5.41) is 3.13. The van der Waals surface area contributed by atoms with Crippen LogP contribution in [-0.2, 0) is 0 Å². The minimum absolute atomic E-state index is 0.148. The second-order valence-electron chi connectivity index (χ2n) is 6.60. The van der Waals surface area contributed by atoms with Crippen LogP contribution in [0, 0.1) is 11.8 Å². The molecule has 4 heteroatoms. The van der Waals surface area contributed by atoms with Crippen LogP contribution in [0.2, 0.25) is 0 Å². The van der Waals surface area contributed by atoms with Gasteiger partial charge in [-0.05, 0) is 51.5 Å². The highest BCUT2D eigenvalue weighted by molar-refractivity contribution is 5.74. The second kappa shape index (κ2) is 6.60. The molecule has 4 nitrogen and oxygen atoms in total. The molecule has 0 aromatic carbocycles. The molecule has 0 aliphatic carbocycles. The molecule has 0 aromatic heterocycles. The van der Waals surface area contributed by atoms with Gasteiger partial charge in [0.25, 0.3) is 0 Å². The zero-order chi connectivity index (χ0) is 13.8. The fourth-order valence-corrected chi connectivity index (χ4v) is 3.05. The van der Waals surface area contributed by atoms with Crippen LogP contribution in [0.15, 0.2) is 0 Å². The zero-order valence-corrected chi connectivity index (χ0v) is 12.7. The Kier molecular flexibility index (Phi) is 5.08. The van der Waals surface area contributed by atoms with E-state index in [1.54, 1.807) is 0 Å². The second-order valence-corrected chi connectivity index (χ2v) is 6.60. The van der Waals surface area contributed by atoms with Crippen molar-refractivity contribution in [2.45, 2.75) is 46.1 Å². The summed E-state index contributed by atoms with van der Waals surface area (Å²) in [5.74, 6) is 1.41. The highest BCUT2D eigenvalue weighted by Gasteiger charge is 2.25. The van der Waals surface area contributed by atoms with Crippen LogP contribution < -0.4 is 5.32 Å². The monoisotopic (exact) mass is 267 g/mol. The number of piperidine rings is 1. The lowest BCUT2D eigenvalue weighted by Crippen LogP contribution is -2.45. The Balaban J connectivity index is 1.67. The SMILES string of the molecule is CC1CCN(C(=O)NCC2CCN(C(C)C)C2)CC1. The first-order chi connectivity index (χ1) is 9.06. The van der Waals surface area contributed by atoms with Crippen molar-refractivity contribution < 1.29 is 4.79 Å². The Morgan fingerprint density at radius 1 is 1.21 bits per heavy atom. The van der Waals surface area contributed by atoms with Gasteiger partial charge in [0.15, 0.2) is 0 Å². The van der Waals surface area contributed by atoms with Crippen molar-refractivity contribution in [1.82, 2.24) is 15.1 Å². The minimum Gasteiger partial charge on any atom is -0.338 e. The van der Waals surface area contributed by atoms with E-state index >= 15 is 0 Å². The lowest BCUT2D eigenvalue weighted by Gasteiger charge is -2.30. The molecule has 1 N–H and O–H groups in total. The van der Waals surface area contributed by atoms with E-state index < -0.39 is 0 Å². The number of nitrogens with one attached hydrogen (secondary N) is 1. The molecule has 2 amide bonds. The Labute approximate surface area is 117 Å². The van der Waals surface area contributed by atoms with Gasteiger partial charge in [-0.15, -0.1) is 0 Å². The van der Waals surface area contributed by atoms with Gasteiger partial charge in [-0.1, -0.05) is 6.92 Å². The number of amides is 2. The third-order valence-corrected chi connectivity index (χ3v) is 4.66. The van der Waals surface area contributed by atoms with Crippen molar-refractivity contribution in [3.05, 3.63) is 0 Å². The summed E-state index contributed by atoms with van der Waals surface area (Å²) in [6.07, 6.45) is 3.52. The van der Waals surface area contributed by atoms with Crippen molar-refractivity contribution in [2.75, 3.05) is 32.7 Å². The molecule has 0 bridgehead atoms. The van der Waals surface area contributed by atoms with Gasteiger partial charge in [0.05, 0.1) is 0 Å². The van der Waals surface area contributed by atoms with E-state index in [2.05, 4.69) is 31.0 Å². The van der Waals surface area contributed by atoms with Crippen LogP contribution in [-0.4, -0.2) is 54.6 Å². The van der Waals surface area contributed by atoms with Gasteiger partial charge in [-0.25, -0.2) is 4.79 Å². The van der Waals surface area contributed by atoms with Crippen LogP contribution in [0.4, 0.5) is 4.79 Å². The molecule has 110 valence electrons. The van der Waals surface area contributed by atoms with Crippen molar-refractivity contribution in [2.24, 2.45) is 11.8 Å². The Morgan fingerprint density at radius 2 is 1.89 bits per heavy atom. The fourth-order valence-electron chi connectivity index (χ4n) is 3.05. The maximum Gasteiger partial charge on any atom is 0.317 e. The highest BCUT2D eigenvalue weighted by atomic mass is 16.2. The van der Waals surface area contributed by atoms with Gasteiger partial charge in [0.1, 0.15) is 0 Å². The largest absolute Gasteiger partial charge is 0.338 e. The van der Waals surface area contributed by atoms with E-state index in [-0.39, 0.29) is 6.03 Å². The molecule has 1 atom stereocenters. The van der Waals surface area contributed by atoms with E-state index in [0.29, 0.717) is 12.0 Å². The number of hydrogen-bond acceptors (Lipinski definition) is 2. The highest BCUT2D eigenvalue weighted by Crippen LogP contribution is 2.18. The number of hydrogen-bond donors (Lipinski definition) is 1. The summed E-state index contributed by atoms with van der Waals surface area (Å²) >= 11 is 0. The average molecular weight is 267 g/mol. The van der Waals surface area contributed by atoms with E-state index in [1.165, 1.54) is 13.0 Å². The van der Waals surface area contributed by atoms with Crippen molar-refractivity contribution in [3.8, 4) is 0 Å². The van der Waals surface area contributed by atoms with E-state index in [9.17, 15) is 4.79 Å². The van der Waals surface area contributed by atoms with E-state index in [0.717, 1.165) is 44.9 Å². The summed E-state index contributed by atoms with van der Waals surface area (Å²) in [6.45, 7) is 11.8. The van der Waals surface area contributed by atoms with Crippen LogP contribution in [0.25, 0.3) is 0 Å². The minimum atomic E-state index is 0.148. The summed E-state index contributed by atoms with van der Waals surface area (Å²) < 4.78 is 0. The molecular formula is C15H29N3O. The first kappa shape index (κ1) is 14.6. The van der Waals surface area contributed by atoms with Gasteiger partial charge in [0, 0.05) is 32.2 Å². The van der Waals surface area contributed by atoms with Crippen LogP contribution in [0.3, 0.4) is 0 Å². The number of carbonyl (C=O) groups excluding carboxylic acids is 1. The van der Waals surface area contributed by atoms with Gasteiger partial charge < -0.3 is 15.1 Å². The molecule has 2 rings (SSSR count). The summed E-state index contributed by atoms with van der Waals surface area (Å²) in [6, 6.07) is 0.777. The maximum absolute atomic E-state index is 12.1. The van der Waals surface area contributed by atoms with Gasteiger partial charge in [-0.3, -0.25) is 0 Å². The van der Waals surface area contributed by atoms with Crippen LogP contribution >= 0.6 is 0 Å². The zero-order valence-electron chi connectivity index (χ0n) is 12.7. The molecule has 19 heavy (non-hydrogen) atoms. The summed E-state index contributed by atoms with van der Waals surface area (Å²) in [7, 11) is 0. The molecule has 1 unspecified atom stereocenters. The third-order valence-electron chi connectivity index (χ3n) is 4.66. The van der Waals surface area contributed by atoms with Crippen LogP contribution in [0.5, 0.6) is 0 Å². The van der Waals surface area contributed by atoms with Gasteiger partial charge in [-0.2, -0.15) is 0 Å². The molecule has 2 saturated heterocycles. The molecule has 0 radical (unpaired) electrons. The number of urea groups is 1. The number of likely N-dealkylation sites (tertiary alicyclic amines) is 2. The number of nitrogens with zero attached hydrogens (tertiary/aromatic N) is 2. The lowest BCUT2D eigenvalue weighted by molar-refractivity contribution is 0.172. The standard InChI is InChI=1S/C15H29N3O/c1-12(2)18-9-6-14(11-18)10-16-15(19)17-7-4-13(3)5-8-17/h12-14H,4-11H2,1-3H3,(H,16,19). The Hall–Kier alpha value is -0.770. The smallest absolute Gasteiger partial charge is 0.317 e. The average Bonchev–Trinajstić information content (AvgIpc) is 2.86. The van der Waals surface area contributed by atoms with E-state index in [1.807, 2.05) is 4.90 Å². The molecule has 0 spiro atoms. The normalized spacial score (nSPS) is 26.1. The van der Waals surface area contributed by atoms with Crippen molar-refractivity contribution in [1.29, 1.82) is 0 Å². The Bertz CT molecular complexity index is 298. The summed E-state index contributed by atoms with van der Waals surface area (Å²) in [4.78, 5) is 16.6. The molecular weight excluding hydrogens is 238 g/mol. The number of carbonyl (C=O) groups is 1. The Morgan fingerprint density at radius 3 is 2.47 bits per heavy atom. The topological polar surface area (TPSA) is 35.6 Å².